The summed E-state index contributed by atoms with van der Waals surface area (Å²) in [4.78, 5) is 2.00. The van der Waals surface area contributed by atoms with E-state index in [-0.39, 0.29) is 5.82 Å². The average molecular weight is 225 g/mol. The van der Waals surface area contributed by atoms with Gasteiger partial charge in [-0.2, -0.15) is 0 Å². The quantitative estimate of drug-likeness (QED) is 0.832. The SMILES string of the molecule is CCCN(CC)c1ccc(C(C)O)cc1F. The van der Waals surface area contributed by atoms with Gasteiger partial charge in [-0.25, -0.2) is 4.39 Å². The van der Waals surface area contributed by atoms with Crippen LogP contribution >= 0.6 is 0 Å². The summed E-state index contributed by atoms with van der Waals surface area (Å²) < 4.78 is 13.8. The molecule has 0 saturated carbocycles. The van der Waals surface area contributed by atoms with E-state index in [1.54, 1.807) is 19.1 Å². The normalized spacial score (nSPS) is 12.6. The van der Waals surface area contributed by atoms with Crippen molar-refractivity contribution in [1.29, 1.82) is 0 Å². The third kappa shape index (κ3) is 2.95. The molecule has 0 amide bonds. The molecule has 1 aromatic rings. The first-order valence-electron chi connectivity index (χ1n) is 5.82. The van der Waals surface area contributed by atoms with E-state index in [9.17, 15) is 9.50 Å². The second-order valence-electron chi connectivity index (χ2n) is 3.97. The van der Waals surface area contributed by atoms with E-state index in [2.05, 4.69) is 6.92 Å². The molecule has 90 valence electrons. The van der Waals surface area contributed by atoms with Gasteiger partial charge in [-0.3, -0.25) is 0 Å². The first-order chi connectivity index (χ1) is 7.60. The number of benzene rings is 1. The second-order valence-corrected chi connectivity index (χ2v) is 3.97. The van der Waals surface area contributed by atoms with Crippen molar-refractivity contribution in [3.8, 4) is 0 Å². The van der Waals surface area contributed by atoms with Crippen LogP contribution in [0.1, 0.15) is 38.9 Å². The van der Waals surface area contributed by atoms with Crippen molar-refractivity contribution in [1.82, 2.24) is 0 Å². The van der Waals surface area contributed by atoms with E-state index in [4.69, 9.17) is 0 Å². The van der Waals surface area contributed by atoms with Crippen LogP contribution < -0.4 is 4.90 Å². The fourth-order valence-electron chi connectivity index (χ4n) is 1.76. The highest BCUT2D eigenvalue weighted by molar-refractivity contribution is 5.49. The topological polar surface area (TPSA) is 23.5 Å². The van der Waals surface area contributed by atoms with Crippen molar-refractivity contribution in [2.75, 3.05) is 18.0 Å². The van der Waals surface area contributed by atoms with Gasteiger partial charge in [0.2, 0.25) is 0 Å². The van der Waals surface area contributed by atoms with Crippen molar-refractivity contribution >= 4 is 5.69 Å². The van der Waals surface area contributed by atoms with E-state index in [1.807, 2.05) is 11.8 Å². The molecule has 0 fully saturated rings. The maximum Gasteiger partial charge on any atom is 0.146 e. The van der Waals surface area contributed by atoms with E-state index < -0.39 is 6.10 Å². The van der Waals surface area contributed by atoms with Crippen molar-refractivity contribution in [2.45, 2.75) is 33.3 Å². The minimum absolute atomic E-state index is 0.256. The van der Waals surface area contributed by atoms with Gasteiger partial charge < -0.3 is 10.0 Å². The minimum atomic E-state index is -0.621. The molecule has 0 spiro atoms. The Labute approximate surface area is 96.7 Å². The molecule has 1 N–H and O–H groups in total. The Balaban J connectivity index is 2.96. The fourth-order valence-corrected chi connectivity index (χ4v) is 1.76. The van der Waals surface area contributed by atoms with Gasteiger partial charge in [0.1, 0.15) is 5.82 Å². The zero-order chi connectivity index (χ0) is 12.1. The Hall–Kier alpha value is -1.09. The predicted molar refractivity (Wildman–Crippen MR) is 65.2 cm³/mol. The highest BCUT2D eigenvalue weighted by Crippen LogP contribution is 2.23. The van der Waals surface area contributed by atoms with Crippen LogP contribution in [0.2, 0.25) is 0 Å². The summed E-state index contributed by atoms with van der Waals surface area (Å²) in [5, 5.41) is 9.36. The zero-order valence-electron chi connectivity index (χ0n) is 10.2. The van der Waals surface area contributed by atoms with Crippen LogP contribution in [-0.4, -0.2) is 18.2 Å². The lowest BCUT2D eigenvalue weighted by atomic mass is 10.1. The molecule has 0 saturated heterocycles. The van der Waals surface area contributed by atoms with E-state index >= 15 is 0 Å². The van der Waals surface area contributed by atoms with Crippen molar-refractivity contribution in [3.63, 3.8) is 0 Å². The van der Waals surface area contributed by atoms with Crippen molar-refractivity contribution in [3.05, 3.63) is 29.6 Å². The summed E-state index contributed by atoms with van der Waals surface area (Å²) in [6, 6.07) is 4.94. The third-order valence-electron chi connectivity index (χ3n) is 2.67. The number of rotatable bonds is 5. The van der Waals surface area contributed by atoms with Crippen LogP contribution in [0.3, 0.4) is 0 Å². The van der Waals surface area contributed by atoms with Crippen molar-refractivity contribution in [2.24, 2.45) is 0 Å². The molecule has 3 heteroatoms. The van der Waals surface area contributed by atoms with Crippen LogP contribution in [0, 0.1) is 5.82 Å². The number of hydrogen-bond donors (Lipinski definition) is 1. The molecule has 0 aromatic heterocycles. The van der Waals surface area contributed by atoms with Gasteiger partial charge >= 0.3 is 0 Å². The highest BCUT2D eigenvalue weighted by Gasteiger charge is 2.11. The first kappa shape index (κ1) is 13.0. The summed E-state index contributed by atoms with van der Waals surface area (Å²) in [5.74, 6) is -0.256. The summed E-state index contributed by atoms with van der Waals surface area (Å²) in [6.07, 6.45) is 0.371. The maximum absolute atomic E-state index is 13.8. The lowest BCUT2D eigenvalue weighted by molar-refractivity contribution is 0.199. The first-order valence-corrected chi connectivity index (χ1v) is 5.82. The summed E-state index contributed by atoms with van der Waals surface area (Å²) in [7, 11) is 0. The summed E-state index contributed by atoms with van der Waals surface area (Å²) >= 11 is 0. The summed E-state index contributed by atoms with van der Waals surface area (Å²) in [6.45, 7) is 7.36. The molecular formula is C13H20FNO. The molecule has 1 atom stereocenters. The molecule has 1 aromatic carbocycles. The van der Waals surface area contributed by atoms with Gasteiger partial charge in [0, 0.05) is 13.1 Å². The minimum Gasteiger partial charge on any atom is -0.389 e. The van der Waals surface area contributed by atoms with Gasteiger partial charge in [-0.05, 0) is 38.0 Å². The largest absolute Gasteiger partial charge is 0.389 e. The smallest absolute Gasteiger partial charge is 0.146 e. The Morgan fingerprint density at radius 1 is 1.38 bits per heavy atom. The molecular weight excluding hydrogens is 205 g/mol. The van der Waals surface area contributed by atoms with Crippen LogP contribution in [0.5, 0.6) is 0 Å². The number of anilines is 1. The Morgan fingerprint density at radius 2 is 2.06 bits per heavy atom. The number of hydrogen-bond acceptors (Lipinski definition) is 2. The van der Waals surface area contributed by atoms with Crippen LogP contribution in [0.4, 0.5) is 10.1 Å². The van der Waals surface area contributed by atoms with Gasteiger partial charge in [0.05, 0.1) is 11.8 Å². The highest BCUT2D eigenvalue weighted by atomic mass is 19.1. The molecule has 2 nitrogen and oxygen atoms in total. The van der Waals surface area contributed by atoms with Crippen molar-refractivity contribution < 1.29 is 9.50 Å². The third-order valence-corrected chi connectivity index (χ3v) is 2.67. The molecule has 0 aliphatic rings. The van der Waals surface area contributed by atoms with Crippen LogP contribution in [-0.2, 0) is 0 Å². The standard InChI is InChI=1S/C13H20FNO/c1-4-8-15(5-2)13-7-6-11(10(3)16)9-12(13)14/h6-7,9-10,16H,4-5,8H2,1-3H3. The Kier molecular flexibility index (Phi) is 4.74. The number of nitrogens with zero attached hydrogens (tertiary/aromatic N) is 1. The van der Waals surface area contributed by atoms with Gasteiger partial charge in [-0.1, -0.05) is 13.0 Å². The monoisotopic (exact) mass is 225 g/mol. The lowest BCUT2D eigenvalue weighted by Crippen LogP contribution is -2.24. The summed E-state index contributed by atoms with van der Waals surface area (Å²) in [5.41, 5.74) is 1.24. The lowest BCUT2D eigenvalue weighted by Gasteiger charge is -2.23. The van der Waals surface area contributed by atoms with Crippen LogP contribution in [0.15, 0.2) is 18.2 Å². The van der Waals surface area contributed by atoms with Gasteiger partial charge in [0.15, 0.2) is 0 Å². The van der Waals surface area contributed by atoms with E-state index in [1.165, 1.54) is 6.07 Å². The van der Waals surface area contributed by atoms with Gasteiger partial charge in [-0.15, -0.1) is 0 Å². The molecule has 16 heavy (non-hydrogen) atoms. The Bertz CT molecular complexity index is 339. The predicted octanol–water partition coefficient (Wildman–Crippen LogP) is 3.12. The molecule has 0 radical (unpaired) electrons. The number of aliphatic hydroxyl groups is 1. The molecule has 0 bridgehead atoms. The second kappa shape index (κ2) is 5.85. The Morgan fingerprint density at radius 3 is 2.50 bits per heavy atom. The van der Waals surface area contributed by atoms with Crippen LogP contribution in [0.25, 0.3) is 0 Å². The molecule has 1 unspecified atom stereocenters. The van der Waals surface area contributed by atoms with E-state index in [0.29, 0.717) is 11.3 Å². The number of halogens is 1. The average Bonchev–Trinajstić information content (AvgIpc) is 2.26. The molecule has 0 aliphatic heterocycles. The molecule has 0 aliphatic carbocycles. The molecule has 0 heterocycles. The molecule has 1 rings (SSSR count). The van der Waals surface area contributed by atoms with Gasteiger partial charge in [0.25, 0.3) is 0 Å². The number of aliphatic hydroxyl groups excluding tert-OH is 1. The fraction of sp³-hybridized carbons (Fsp3) is 0.538. The van der Waals surface area contributed by atoms with E-state index in [0.717, 1.165) is 19.5 Å². The zero-order valence-corrected chi connectivity index (χ0v) is 10.2. The maximum atomic E-state index is 13.8.